The van der Waals surface area contributed by atoms with Crippen molar-refractivity contribution in [1.29, 1.82) is 0 Å². The number of aliphatic hydroxyl groups is 1. The van der Waals surface area contributed by atoms with Crippen molar-refractivity contribution < 1.29 is 5.11 Å². The highest BCUT2D eigenvalue weighted by Gasteiger charge is 2.46. The summed E-state index contributed by atoms with van der Waals surface area (Å²) in [4.78, 5) is 2.38. The van der Waals surface area contributed by atoms with E-state index in [1.807, 2.05) is 36.4 Å². The number of rotatable bonds is 4. The number of likely N-dealkylation sites (tertiary alicyclic amines) is 1. The first-order chi connectivity index (χ1) is 13.2. The fraction of sp³-hybridized carbons (Fsp3) is 0.280. The van der Waals surface area contributed by atoms with Gasteiger partial charge in [-0.2, -0.15) is 0 Å². The molecule has 0 bridgehead atoms. The third-order valence-electron chi connectivity index (χ3n) is 6.01. The lowest BCUT2D eigenvalue weighted by atomic mass is 9.66. The lowest BCUT2D eigenvalue weighted by Crippen LogP contribution is -2.47. The van der Waals surface area contributed by atoms with E-state index in [2.05, 4.69) is 66.5 Å². The van der Waals surface area contributed by atoms with Gasteiger partial charge < -0.3 is 10.0 Å². The Hall–Kier alpha value is -2.42. The molecule has 0 spiro atoms. The van der Waals surface area contributed by atoms with E-state index in [9.17, 15) is 5.11 Å². The molecule has 2 unspecified atom stereocenters. The minimum absolute atomic E-state index is 0.112. The molecule has 1 saturated heterocycles. The number of hydrogen-bond acceptors (Lipinski definition) is 2. The van der Waals surface area contributed by atoms with Gasteiger partial charge in [-0.25, -0.2) is 0 Å². The van der Waals surface area contributed by atoms with Crippen LogP contribution in [0.3, 0.4) is 0 Å². The molecule has 0 aromatic heterocycles. The zero-order chi connectivity index (χ0) is 18.7. The van der Waals surface area contributed by atoms with Crippen molar-refractivity contribution in [3.05, 3.63) is 108 Å². The highest BCUT2D eigenvalue weighted by molar-refractivity contribution is 5.39. The van der Waals surface area contributed by atoms with Gasteiger partial charge in [0.2, 0.25) is 0 Å². The van der Waals surface area contributed by atoms with Gasteiger partial charge >= 0.3 is 0 Å². The van der Waals surface area contributed by atoms with Gasteiger partial charge in [-0.1, -0.05) is 91.0 Å². The molecule has 138 valence electrons. The number of piperidine rings is 1. The summed E-state index contributed by atoms with van der Waals surface area (Å²) in [5.74, 6) is 0.385. The molecule has 4 rings (SSSR count). The molecule has 0 aliphatic carbocycles. The van der Waals surface area contributed by atoms with Crippen LogP contribution in [0.2, 0.25) is 0 Å². The molecule has 0 amide bonds. The third-order valence-corrected chi connectivity index (χ3v) is 6.01. The summed E-state index contributed by atoms with van der Waals surface area (Å²) in [6.07, 6.45) is 0.955. The second-order valence-electron chi connectivity index (χ2n) is 7.67. The largest absolute Gasteiger partial charge is 0.380 e. The molecule has 2 heteroatoms. The number of likely N-dealkylation sites (N-methyl/N-ethyl adjacent to an activating group) is 1. The summed E-state index contributed by atoms with van der Waals surface area (Å²) in [6, 6.07) is 31.0. The van der Waals surface area contributed by atoms with Crippen molar-refractivity contribution in [2.24, 2.45) is 5.92 Å². The minimum atomic E-state index is -1.01. The van der Waals surface area contributed by atoms with Gasteiger partial charge in [0.25, 0.3) is 0 Å². The quantitative estimate of drug-likeness (QED) is 0.734. The van der Waals surface area contributed by atoms with Gasteiger partial charge in [-0.05, 0) is 36.7 Å². The summed E-state index contributed by atoms with van der Waals surface area (Å²) in [7, 11) is 2.18. The van der Waals surface area contributed by atoms with Crippen LogP contribution in [0.25, 0.3) is 0 Å². The second kappa shape index (κ2) is 7.67. The highest BCUT2D eigenvalue weighted by Crippen LogP contribution is 2.47. The summed E-state index contributed by atoms with van der Waals surface area (Å²) >= 11 is 0. The Kier molecular flexibility index (Phi) is 5.11. The van der Waals surface area contributed by atoms with Crippen LogP contribution >= 0.6 is 0 Å². The van der Waals surface area contributed by atoms with E-state index in [1.165, 1.54) is 5.56 Å². The predicted octanol–water partition coefficient (Wildman–Crippen LogP) is 4.66. The summed E-state index contributed by atoms with van der Waals surface area (Å²) in [5, 5.41) is 12.3. The van der Waals surface area contributed by atoms with Crippen molar-refractivity contribution >= 4 is 0 Å². The van der Waals surface area contributed by atoms with Crippen molar-refractivity contribution in [1.82, 2.24) is 4.90 Å². The molecular formula is C25H27NO. The summed E-state index contributed by atoms with van der Waals surface area (Å²) in [6.45, 7) is 1.95. The average molecular weight is 357 g/mol. The van der Waals surface area contributed by atoms with Crippen LogP contribution in [0.15, 0.2) is 91.0 Å². The van der Waals surface area contributed by atoms with Crippen LogP contribution in [0.5, 0.6) is 0 Å². The molecule has 27 heavy (non-hydrogen) atoms. The molecule has 1 N–H and O–H groups in total. The molecular weight excluding hydrogens is 330 g/mol. The van der Waals surface area contributed by atoms with Crippen LogP contribution in [0, 0.1) is 5.92 Å². The van der Waals surface area contributed by atoms with E-state index in [0.717, 1.165) is 30.6 Å². The molecule has 1 aliphatic rings. The van der Waals surface area contributed by atoms with Gasteiger partial charge in [-0.3, -0.25) is 0 Å². The van der Waals surface area contributed by atoms with Crippen molar-refractivity contribution in [3.63, 3.8) is 0 Å². The van der Waals surface area contributed by atoms with Crippen LogP contribution in [-0.4, -0.2) is 30.1 Å². The van der Waals surface area contributed by atoms with Crippen LogP contribution in [0.4, 0.5) is 0 Å². The Labute approximate surface area is 162 Å². The monoisotopic (exact) mass is 357 g/mol. The Bertz CT molecular complexity index is 808. The normalized spacial score (nSPS) is 21.1. The first-order valence-electron chi connectivity index (χ1n) is 9.76. The van der Waals surface area contributed by atoms with Gasteiger partial charge in [0, 0.05) is 18.4 Å². The fourth-order valence-electron chi connectivity index (χ4n) is 4.63. The van der Waals surface area contributed by atoms with E-state index in [1.54, 1.807) is 0 Å². The van der Waals surface area contributed by atoms with E-state index >= 15 is 0 Å². The Morgan fingerprint density at radius 3 is 1.78 bits per heavy atom. The number of nitrogens with zero attached hydrogens (tertiary/aromatic N) is 1. The van der Waals surface area contributed by atoms with Gasteiger partial charge in [0.1, 0.15) is 5.60 Å². The van der Waals surface area contributed by atoms with Gasteiger partial charge in [0.05, 0.1) is 0 Å². The van der Waals surface area contributed by atoms with Crippen molar-refractivity contribution in [2.75, 3.05) is 20.1 Å². The van der Waals surface area contributed by atoms with Crippen LogP contribution in [0.1, 0.15) is 29.0 Å². The topological polar surface area (TPSA) is 23.5 Å². The maximum atomic E-state index is 12.3. The van der Waals surface area contributed by atoms with Crippen molar-refractivity contribution in [3.8, 4) is 0 Å². The molecule has 3 aromatic rings. The first-order valence-corrected chi connectivity index (χ1v) is 9.76. The average Bonchev–Trinajstić information content (AvgIpc) is 2.75. The standard InChI is InChI=1S/C25H27NO/c1-26-18-17-24(23(19-26)20-11-5-2-6-12-20)25(27,21-13-7-3-8-14-21)22-15-9-4-10-16-22/h2-16,23-24,27H,17-19H2,1H3. The minimum Gasteiger partial charge on any atom is -0.380 e. The zero-order valence-corrected chi connectivity index (χ0v) is 15.8. The zero-order valence-electron chi connectivity index (χ0n) is 15.8. The summed E-state index contributed by atoms with van der Waals surface area (Å²) < 4.78 is 0. The molecule has 1 fully saturated rings. The van der Waals surface area contributed by atoms with E-state index in [4.69, 9.17) is 0 Å². The van der Waals surface area contributed by atoms with Crippen LogP contribution in [-0.2, 0) is 5.60 Å². The Morgan fingerprint density at radius 2 is 1.26 bits per heavy atom. The molecule has 1 heterocycles. The molecule has 1 aliphatic heterocycles. The van der Waals surface area contributed by atoms with E-state index in [0.29, 0.717) is 0 Å². The first kappa shape index (κ1) is 18.0. The molecule has 3 aromatic carbocycles. The lowest BCUT2D eigenvalue weighted by molar-refractivity contribution is -0.0229. The SMILES string of the molecule is CN1CCC(C(O)(c2ccccc2)c2ccccc2)C(c2ccccc2)C1. The number of benzene rings is 3. The Morgan fingerprint density at radius 1 is 0.778 bits per heavy atom. The van der Waals surface area contributed by atoms with Gasteiger partial charge in [0.15, 0.2) is 0 Å². The predicted molar refractivity (Wildman–Crippen MR) is 111 cm³/mol. The Balaban J connectivity index is 1.85. The van der Waals surface area contributed by atoms with E-state index in [-0.39, 0.29) is 11.8 Å². The molecule has 2 atom stereocenters. The maximum absolute atomic E-state index is 12.3. The van der Waals surface area contributed by atoms with Crippen LogP contribution < -0.4 is 0 Å². The summed E-state index contributed by atoms with van der Waals surface area (Å²) in [5.41, 5.74) is 2.25. The van der Waals surface area contributed by atoms with Gasteiger partial charge in [-0.15, -0.1) is 0 Å². The third kappa shape index (κ3) is 3.43. The molecule has 0 saturated carbocycles. The van der Waals surface area contributed by atoms with Crippen molar-refractivity contribution in [2.45, 2.75) is 17.9 Å². The lowest BCUT2D eigenvalue weighted by Gasteiger charge is -2.46. The number of hydrogen-bond donors (Lipinski definition) is 1. The highest BCUT2D eigenvalue weighted by atomic mass is 16.3. The molecule has 2 nitrogen and oxygen atoms in total. The fourth-order valence-corrected chi connectivity index (χ4v) is 4.63. The molecule has 0 radical (unpaired) electrons. The maximum Gasteiger partial charge on any atom is 0.118 e. The smallest absolute Gasteiger partial charge is 0.118 e. The second-order valence-corrected chi connectivity index (χ2v) is 7.67. The van der Waals surface area contributed by atoms with E-state index < -0.39 is 5.60 Å².